The van der Waals surface area contributed by atoms with E-state index in [1.165, 1.54) is 6.07 Å². The number of anilines is 1. The monoisotopic (exact) mass is 362 g/mol. The number of fused-ring (bicyclic) bond motifs is 1. The summed E-state index contributed by atoms with van der Waals surface area (Å²) in [6.07, 6.45) is 0. The summed E-state index contributed by atoms with van der Waals surface area (Å²) in [4.78, 5) is 14.5. The molecule has 0 radical (unpaired) electrons. The van der Waals surface area contributed by atoms with Crippen molar-refractivity contribution >= 4 is 38.2 Å². The minimum atomic E-state index is -3.76. The lowest BCUT2D eigenvalue weighted by Gasteiger charge is -2.11. The first-order valence-corrected chi connectivity index (χ1v) is 9.05. The van der Waals surface area contributed by atoms with Gasteiger partial charge in [0.15, 0.2) is 0 Å². The van der Waals surface area contributed by atoms with Crippen LogP contribution in [0, 0.1) is 13.8 Å². The van der Waals surface area contributed by atoms with Gasteiger partial charge in [-0.3, -0.25) is 9.52 Å². The number of pyridine rings is 1. The van der Waals surface area contributed by atoms with Gasteiger partial charge in [0, 0.05) is 27.2 Å². The number of hydrogen-bond donors (Lipinski definition) is 2. The Bertz CT molecular complexity index is 1100. The van der Waals surface area contributed by atoms with Crippen molar-refractivity contribution in [2.24, 2.45) is 0 Å². The number of aromatic amines is 1. The van der Waals surface area contributed by atoms with Crippen LogP contribution in [0.15, 0.2) is 52.2 Å². The van der Waals surface area contributed by atoms with E-state index in [4.69, 9.17) is 11.6 Å². The second-order valence-corrected chi connectivity index (χ2v) is 7.69. The van der Waals surface area contributed by atoms with Crippen LogP contribution in [-0.4, -0.2) is 13.4 Å². The predicted octanol–water partition coefficient (Wildman–Crippen LogP) is 3.60. The Kier molecular flexibility index (Phi) is 4.11. The van der Waals surface area contributed by atoms with Gasteiger partial charge in [-0.1, -0.05) is 17.7 Å². The Hall–Kier alpha value is -2.31. The fourth-order valence-corrected chi connectivity index (χ4v) is 4.01. The SMILES string of the molecule is Cc1ccc(Cl)cc1S(=O)(=O)Nc1ccc2[nH]c(=O)c(C)cc2c1. The molecule has 0 bridgehead atoms. The minimum absolute atomic E-state index is 0.132. The Morgan fingerprint density at radius 2 is 1.75 bits per heavy atom. The van der Waals surface area contributed by atoms with E-state index in [0.717, 1.165) is 5.39 Å². The summed E-state index contributed by atoms with van der Waals surface area (Å²) in [5, 5.41) is 1.10. The van der Waals surface area contributed by atoms with Gasteiger partial charge >= 0.3 is 0 Å². The first-order valence-electron chi connectivity index (χ1n) is 7.19. The molecule has 1 aromatic heterocycles. The maximum Gasteiger partial charge on any atom is 0.262 e. The Morgan fingerprint density at radius 1 is 1.00 bits per heavy atom. The molecule has 0 aliphatic carbocycles. The number of halogens is 1. The molecule has 0 atom stereocenters. The van der Waals surface area contributed by atoms with Gasteiger partial charge in [0.05, 0.1) is 4.90 Å². The molecule has 0 aliphatic rings. The predicted molar refractivity (Wildman–Crippen MR) is 96.3 cm³/mol. The second-order valence-electron chi connectivity index (χ2n) is 5.60. The highest BCUT2D eigenvalue weighted by Crippen LogP contribution is 2.24. The van der Waals surface area contributed by atoms with Crippen LogP contribution in [0.25, 0.3) is 10.9 Å². The van der Waals surface area contributed by atoms with Crippen LogP contribution in [-0.2, 0) is 10.0 Å². The standard InChI is InChI=1S/C17H15ClN2O3S/c1-10-3-4-13(18)9-16(10)24(22,23)20-14-5-6-15-12(8-14)7-11(2)17(21)19-15/h3-9,20H,1-2H3,(H,19,21). The lowest BCUT2D eigenvalue weighted by Crippen LogP contribution is -2.14. The van der Waals surface area contributed by atoms with E-state index >= 15 is 0 Å². The van der Waals surface area contributed by atoms with Gasteiger partial charge in [-0.05, 0) is 55.8 Å². The van der Waals surface area contributed by atoms with Crippen molar-refractivity contribution in [3.05, 3.63) is 69.0 Å². The van der Waals surface area contributed by atoms with E-state index in [9.17, 15) is 13.2 Å². The third-order valence-corrected chi connectivity index (χ3v) is 5.48. The fourth-order valence-electron chi connectivity index (χ4n) is 2.45. The maximum absolute atomic E-state index is 12.6. The van der Waals surface area contributed by atoms with Gasteiger partial charge in [-0.25, -0.2) is 8.42 Å². The summed E-state index contributed by atoms with van der Waals surface area (Å²) < 4.78 is 27.8. The molecule has 0 saturated carbocycles. The highest BCUT2D eigenvalue weighted by atomic mass is 35.5. The Morgan fingerprint density at radius 3 is 2.50 bits per heavy atom. The zero-order chi connectivity index (χ0) is 17.5. The van der Waals surface area contributed by atoms with E-state index in [2.05, 4.69) is 9.71 Å². The summed E-state index contributed by atoms with van der Waals surface area (Å²) in [6.45, 7) is 3.41. The lowest BCUT2D eigenvalue weighted by atomic mass is 10.1. The van der Waals surface area contributed by atoms with Gasteiger partial charge in [0.2, 0.25) is 0 Å². The average molecular weight is 363 g/mol. The summed E-state index contributed by atoms with van der Waals surface area (Å²) in [5.74, 6) is 0. The number of H-pyrrole nitrogens is 1. The van der Waals surface area contributed by atoms with Gasteiger partial charge in [0.1, 0.15) is 0 Å². The van der Waals surface area contributed by atoms with Crippen molar-refractivity contribution in [2.45, 2.75) is 18.7 Å². The van der Waals surface area contributed by atoms with E-state index in [1.54, 1.807) is 50.2 Å². The van der Waals surface area contributed by atoms with Crippen molar-refractivity contribution in [3.63, 3.8) is 0 Å². The van der Waals surface area contributed by atoms with Gasteiger partial charge in [0.25, 0.3) is 15.6 Å². The van der Waals surface area contributed by atoms with Crippen molar-refractivity contribution in [2.75, 3.05) is 4.72 Å². The molecule has 0 fully saturated rings. The Labute approximate surface area is 144 Å². The van der Waals surface area contributed by atoms with Crippen LogP contribution in [0.5, 0.6) is 0 Å². The summed E-state index contributed by atoms with van der Waals surface area (Å²) in [5.41, 5.74) is 2.06. The van der Waals surface area contributed by atoms with Crippen LogP contribution >= 0.6 is 11.6 Å². The zero-order valence-corrected chi connectivity index (χ0v) is 14.6. The van der Waals surface area contributed by atoms with Gasteiger partial charge in [-0.15, -0.1) is 0 Å². The maximum atomic E-state index is 12.6. The number of nitrogens with one attached hydrogen (secondary N) is 2. The fraction of sp³-hybridized carbons (Fsp3) is 0.118. The molecule has 3 rings (SSSR count). The first kappa shape index (κ1) is 16.5. The molecule has 2 N–H and O–H groups in total. The summed E-state index contributed by atoms with van der Waals surface area (Å²) in [6, 6.07) is 11.4. The zero-order valence-electron chi connectivity index (χ0n) is 13.1. The third-order valence-electron chi connectivity index (χ3n) is 3.72. The highest BCUT2D eigenvalue weighted by Gasteiger charge is 2.17. The normalized spacial score (nSPS) is 11.6. The van der Waals surface area contributed by atoms with Crippen LogP contribution in [0.1, 0.15) is 11.1 Å². The summed E-state index contributed by atoms with van der Waals surface area (Å²) >= 11 is 5.91. The molecule has 0 aliphatic heterocycles. The molecule has 1 heterocycles. The molecule has 2 aromatic carbocycles. The molecule has 0 spiro atoms. The van der Waals surface area contributed by atoms with Crippen LogP contribution < -0.4 is 10.3 Å². The van der Waals surface area contributed by atoms with E-state index in [-0.39, 0.29) is 10.5 Å². The van der Waals surface area contributed by atoms with Crippen molar-refractivity contribution in [1.29, 1.82) is 0 Å². The van der Waals surface area contributed by atoms with Gasteiger partial charge in [-0.2, -0.15) is 0 Å². The number of aromatic nitrogens is 1. The smallest absolute Gasteiger partial charge is 0.262 e. The second kappa shape index (κ2) is 5.96. The van der Waals surface area contributed by atoms with E-state index in [1.807, 2.05) is 0 Å². The molecular formula is C17H15ClN2O3S. The highest BCUT2D eigenvalue weighted by molar-refractivity contribution is 7.92. The minimum Gasteiger partial charge on any atom is -0.322 e. The number of benzene rings is 2. The molecule has 0 amide bonds. The number of rotatable bonds is 3. The lowest BCUT2D eigenvalue weighted by molar-refractivity contribution is 0.600. The number of aryl methyl sites for hydroxylation is 2. The number of sulfonamides is 1. The molecule has 3 aromatic rings. The van der Waals surface area contributed by atoms with Crippen molar-refractivity contribution in [1.82, 2.24) is 4.98 Å². The van der Waals surface area contributed by atoms with Crippen LogP contribution in [0.2, 0.25) is 5.02 Å². The molecule has 0 saturated heterocycles. The van der Waals surface area contributed by atoms with Crippen LogP contribution in [0.3, 0.4) is 0 Å². The van der Waals surface area contributed by atoms with E-state index < -0.39 is 10.0 Å². The average Bonchev–Trinajstić information content (AvgIpc) is 2.50. The molecular weight excluding hydrogens is 348 g/mol. The van der Waals surface area contributed by atoms with Crippen LogP contribution in [0.4, 0.5) is 5.69 Å². The quantitative estimate of drug-likeness (QED) is 0.747. The number of hydrogen-bond acceptors (Lipinski definition) is 3. The summed E-state index contributed by atoms with van der Waals surface area (Å²) in [7, 11) is -3.76. The first-order chi connectivity index (χ1) is 11.3. The van der Waals surface area contributed by atoms with Crippen molar-refractivity contribution in [3.8, 4) is 0 Å². The van der Waals surface area contributed by atoms with Gasteiger partial charge < -0.3 is 4.98 Å². The topological polar surface area (TPSA) is 79.0 Å². The Balaban J connectivity index is 2.04. The third kappa shape index (κ3) is 3.16. The van der Waals surface area contributed by atoms with Crippen molar-refractivity contribution < 1.29 is 8.42 Å². The molecule has 0 unspecified atom stereocenters. The molecule has 24 heavy (non-hydrogen) atoms. The molecule has 124 valence electrons. The molecule has 5 nitrogen and oxygen atoms in total. The largest absolute Gasteiger partial charge is 0.322 e. The van der Waals surface area contributed by atoms with E-state index in [0.29, 0.717) is 27.4 Å². The molecule has 7 heteroatoms.